The fraction of sp³-hybridized carbons (Fsp3) is 0.722. The Kier molecular flexibility index (Phi) is 5.11. The molecular weight excluding hydrogens is 274 g/mol. The summed E-state index contributed by atoms with van der Waals surface area (Å²) in [6.07, 6.45) is 5.78. The summed E-state index contributed by atoms with van der Waals surface area (Å²) in [6.45, 7) is 10.9. The van der Waals surface area contributed by atoms with E-state index in [9.17, 15) is 0 Å². The molecule has 22 heavy (non-hydrogen) atoms. The molecule has 2 fully saturated rings. The minimum Gasteiger partial charge on any atom is -0.379 e. The van der Waals surface area contributed by atoms with E-state index in [2.05, 4.69) is 40.8 Å². The lowest BCUT2D eigenvalue weighted by molar-refractivity contribution is -0.0302. The van der Waals surface area contributed by atoms with Gasteiger partial charge >= 0.3 is 0 Å². The molecule has 0 aromatic carbocycles. The van der Waals surface area contributed by atoms with Gasteiger partial charge in [-0.1, -0.05) is 12.5 Å². The molecule has 0 saturated carbocycles. The van der Waals surface area contributed by atoms with Gasteiger partial charge in [0.05, 0.1) is 24.9 Å². The van der Waals surface area contributed by atoms with E-state index in [4.69, 9.17) is 4.74 Å². The predicted octanol–water partition coefficient (Wildman–Crippen LogP) is 2.72. The Labute approximate surface area is 134 Å². The van der Waals surface area contributed by atoms with Crippen LogP contribution in [0.5, 0.6) is 0 Å². The lowest BCUT2D eigenvalue weighted by Crippen LogP contribution is -2.56. The molecule has 0 bridgehead atoms. The van der Waals surface area contributed by atoms with E-state index < -0.39 is 0 Å². The number of morpholine rings is 1. The average Bonchev–Trinajstić information content (AvgIpc) is 2.57. The summed E-state index contributed by atoms with van der Waals surface area (Å²) >= 11 is 0. The number of hydrogen-bond donors (Lipinski definition) is 0. The summed E-state index contributed by atoms with van der Waals surface area (Å²) in [7, 11) is 0. The van der Waals surface area contributed by atoms with Gasteiger partial charge in [-0.2, -0.15) is 0 Å². The number of pyridine rings is 1. The number of ether oxygens (including phenoxy) is 1. The number of piperidine rings is 1. The minimum absolute atomic E-state index is 0.189. The van der Waals surface area contributed by atoms with Crippen molar-refractivity contribution in [3.8, 4) is 0 Å². The van der Waals surface area contributed by atoms with E-state index in [1.165, 1.54) is 31.5 Å². The molecule has 2 aliphatic heterocycles. The second-order valence-electron chi connectivity index (χ2n) is 7.15. The molecule has 0 amide bonds. The van der Waals surface area contributed by atoms with Crippen LogP contribution < -0.4 is 0 Å². The van der Waals surface area contributed by atoms with Crippen molar-refractivity contribution in [2.45, 2.75) is 44.7 Å². The lowest BCUT2D eigenvalue weighted by atomic mass is 9.94. The zero-order valence-corrected chi connectivity index (χ0v) is 14.0. The Balaban J connectivity index is 1.70. The second-order valence-corrected chi connectivity index (χ2v) is 7.15. The van der Waals surface area contributed by atoms with Gasteiger partial charge in [0.25, 0.3) is 0 Å². The van der Waals surface area contributed by atoms with Crippen LogP contribution in [0.3, 0.4) is 0 Å². The van der Waals surface area contributed by atoms with Crippen LogP contribution in [-0.4, -0.2) is 59.7 Å². The van der Waals surface area contributed by atoms with Gasteiger partial charge in [0.2, 0.25) is 0 Å². The molecule has 2 saturated heterocycles. The van der Waals surface area contributed by atoms with Gasteiger partial charge in [0.1, 0.15) is 0 Å². The largest absolute Gasteiger partial charge is 0.379 e. The molecular formula is C18H29N3O. The maximum absolute atomic E-state index is 5.51. The van der Waals surface area contributed by atoms with Gasteiger partial charge in [-0.15, -0.1) is 0 Å². The normalized spacial score (nSPS) is 25.3. The minimum atomic E-state index is 0.189. The van der Waals surface area contributed by atoms with E-state index in [0.29, 0.717) is 6.04 Å². The van der Waals surface area contributed by atoms with E-state index in [1.54, 1.807) is 0 Å². The van der Waals surface area contributed by atoms with Crippen molar-refractivity contribution >= 4 is 0 Å². The molecule has 4 nitrogen and oxygen atoms in total. The summed E-state index contributed by atoms with van der Waals surface area (Å²) < 4.78 is 5.51. The predicted molar refractivity (Wildman–Crippen MR) is 88.9 cm³/mol. The second kappa shape index (κ2) is 7.07. The highest BCUT2D eigenvalue weighted by Gasteiger charge is 2.34. The third kappa shape index (κ3) is 3.67. The molecule has 1 aromatic rings. The molecule has 122 valence electrons. The van der Waals surface area contributed by atoms with Crippen LogP contribution in [0.4, 0.5) is 0 Å². The Bertz CT molecular complexity index is 457. The van der Waals surface area contributed by atoms with Crippen LogP contribution in [0, 0.1) is 0 Å². The molecule has 0 aliphatic carbocycles. The van der Waals surface area contributed by atoms with Crippen molar-refractivity contribution in [2.24, 2.45) is 0 Å². The first-order chi connectivity index (χ1) is 10.7. The fourth-order valence-electron chi connectivity index (χ4n) is 3.85. The summed E-state index contributed by atoms with van der Waals surface area (Å²) in [4.78, 5) is 9.86. The van der Waals surface area contributed by atoms with Crippen LogP contribution in [0.2, 0.25) is 0 Å². The van der Waals surface area contributed by atoms with Crippen LogP contribution >= 0.6 is 0 Å². The zero-order valence-electron chi connectivity index (χ0n) is 14.0. The fourth-order valence-corrected chi connectivity index (χ4v) is 3.85. The molecule has 1 atom stereocenters. The number of rotatable bonds is 4. The maximum atomic E-state index is 5.51. The number of likely N-dealkylation sites (tertiary alicyclic amines) is 1. The van der Waals surface area contributed by atoms with Gasteiger partial charge < -0.3 is 4.74 Å². The Morgan fingerprint density at radius 3 is 2.73 bits per heavy atom. The summed E-state index contributed by atoms with van der Waals surface area (Å²) in [5.41, 5.74) is 1.42. The van der Waals surface area contributed by atoms with Crippen LogP contribution in [0.1, 0.15) is 44.8 Å². The Morgan fingerprint density at radius 2 is 2.00 bits per heavy atom. The van der Waals surface area contributed by atoms with Gasteiger partial charge in [0, 0.05) is 31.4 Å². The van der Waals surface area contributed by atoms with Gasteiger partial charge in [0.15, 0.2) is 0 Å². The van der Waals surface area contributed by atoms with E-state index in [-0.39, 0.29) is 5.54 Å². The molecule has 0 spiro atoms. The SMILES string of the molecule is CC(C)(CN1CCCC[C@H]1c1ccccn1)N1CCOCC1. The summed E-state index contributed by atoms with van der Waals surface area (Å²) in [5, 5.41) is 0. The van der Waals surface area contributed by atoms with Gasteiger partial charge in [-0.25, -0.2) is 0 Å². The van der Waals surface area contributed by atoms with Crippen LogP contribution in [0.25, 0.3) is 0 Å². The average molecular weight is 303 g/mol. The molecule has 2 aliphatic rings. The quantitative estimate of drug-likeness (QED) is 0.855. The Hall–Kier alpha value is -0.970. The van der Waals surface area contributed by atoms with E-state index >= 15 is 0 Å². The number of hydrogen-bond acceptors (Lipinski definition) is 4. The maximum Gasteiger partial charge on any atom is 0.0594 e. The molecule has 0 radical (unpaired) electrons. The highest BCUT2D eigenvalue weighted by molar-refractivity contribution is 5.10. The highest BCUT2D eigenvalue weighted by Crippen LogP contribution is 2.32. The zero-order chi connectivity index (χ0) is 15.4. The highest BCUT2D eigenvalue weighted by atomic mass is 16.5. The van der Waals surface area contributed by atoms with Gasteiger partial charge in [-0.3, -0.25) is 14.8 Å². The molecule has 4 heteroatoms. The van der Waals surface area contributed by atoms with Crippen molar-refractivity contribution in [1.82, 2.24) is 14.8 Å². The lowest BCUT2D eigenvalue weighted by Gasteiger charge is -2.46. The Morgan fingerprint density at radius 1 is 1.18 bits per heavy atom. The monoisotopic (exact) mass is 303 g/mol. The van der Waals surface area contributed by atoms with Crippen molar-refractivity contribution in [3.05, 3.63) is 30.1 Å². The van der Waals surface area contributed by atoms with Crippen LogP contribution in [0.15, 0.2) is 24.4 Å². The smallest absolute Gasteiger partial charge is 0.0594 e. The first kappa shape index (κ1) is 15.9. The third-order valence-corrected chi connectivity index (χ3v) is 5.10. The molecule has 3 rings (SSSR count). The molecule has 3 heterocycles. The van der Waals surface area contributed by atoms with E-state index in [0.717, 1.165) is 32.8 Å². The number of aromatic nitrogens is 1. The first-order valence-corrected chi connectivity index (χ1v) is 8.65. The van der Waals surface area contributed by atoms with Crippen molar-refractivity contribution in [2.75, 3.05) is 39.4 Å². The first-order valence-electron chi connectivity index (χ1n) is 8.65. The number of nitrogens with zero attached hydrogens (tertiary/aromatic N) is 3. The molecule has 1 aromatic heterocycles. The van der Waals surface area contributed by atoms with Crippen molar-refractivity contribution < 1.29 is 4.74 Å². The van der Waals surface area contributed by atoms with Crippen LogP contribution in [-0.2, 0) is 4.74 Å². The summed E-state index contributed by atoms with van der Waals surface area (Å²) in [5.74, 6) is 0. The summed E-state index contributed by atoms with van der Waals surface area (Å²) in [6, 6.07) is 6.79. The van der Waals surface area contributed by atoms with E-state index in [1.807, 2.05) is 12.3 Å². The van der Waals surface area contributed by atoms with Crippen molar-refractivity contribution in [3.63, 3.8) is 0 Å². The molecule has 0 N–H and O–H groups in total. The standard InChI is InChI=1S/C18H29N3O/c1-18(2,21-11-13-22-14-12-21)15-20-10-6-4-8-17(20)16-7-3-5-9-19-16/h3,5,7,9,17H,4,6,8,10-15H2,1-2H3/t17-/m0/s1. The van der Waals surface area contributed by atoms with Gasteiger partial charge in [-0.05, 0) is 45.4 Å². The topological polar surface area (TPSA) is 28.6 Å². The third-order valence-electron chi connectivity index (χ3n) is 5.10. The molecule has 0 unspecified atom stereocenters. The van der Waals surface area contributed by atoms with Crippen molar-refractivity contribution in [1.29, 1.82) is 0 Å².